The van der Waals surface area contributed by atoms with Gasteiger partial charge < -0.3 is 15.2 Å². The van der Waals surface area contributed by atoms with Crippen LogP contribution in [0.4, 0.5) is 0 Å². The Balaban J connectivity index is 2.72. The van der Waals surface area contributed by atoms with Gasteiger partial charge in [-0.05, 0) is 53.4 Å². The third-order valence-electron chi connectivity index (χ3n) is 2.99. The largest absolute Gasteiger partial charge is 0.480 e. The zero-order valence-corrected chi connectivity index (χ0v) is 14.1. The van der Waals surface area contributed by atoms with Gasteiger partial charge in [-0.3, -0.25) is 4.79 Å². The van der Waals surface area contributed by atoms with Crippen molar-refractivity contribution in [2.45, 2.75) is 39.8 Å². The number of amides is 1. The number of carbonyl (C=O) groups is 2. The van der Waals surface area contributed by atoms with Gasteiger partial charge in [-0.1, -0.05) is 19.9 Å². The molecule has 1 rings (SSSR count). The second-order valence-corrected chi connectivity index (χ2v) is 6.12. The van der Waals surface area contributed by atoms with Crippen molar-refractivity contribution in [3.63, 3.8) is 0 Å². The molecule has 1 amide bonds. The average Bonchev–Trinajstić information content (AvgIpc) is 2.37. The Kier molecular flexibility index (Phi) is 6.20. The van der Waals surface area contributed by atoms with E-state index in [4.69, 9.17) is 9.84 Å². The average molecular weight is 358 g/mol. The van der Waals surface area contributed by atoms with Crippen LogP contribution >= 0.6 is 15.9 Å². The molecule has 1 aromatic rings. The molecule has 0 bridgehead atoms. The molecule has 5 nitrogen and oxygen atoms in total. The first-order valence-electron chi connectivity index (χ1n) is 6.68. The number of ether oxygens (including phenoxy) is 1. The summed E-state index contributed by atoms with van der Waals surface area (Å²) in [5.74, 6) is -1.17. The molecule has 0 radical (unpaired) electrons. The van der Waals surface area contributed by atoms with Crippen molar-refractivity contribution >= 4 is 27.8 Å². The van der Waals surface area contributed by atoms with Crippen molar-refractivity contribution in [3.8, 4) is 5.75 Å². The molecular formula is C15H20BrNO4. The van der Waals surface area contributed by atoms with Gasteiger partial charge in [0.2, 0.25) is 0 Å². The van der Waals surface area contributed by atoms with Gasteiger partial charge in [-0.25, -0.2) is 4.79 Å². The van der Waals surface area contributed by atoms with Crippen LogP contribution < -0.4 is 10.1 Å². The molecule has 0 aliphatic rings. The summed E-state index contributed by atoms with van der Waals surface area (Å²) in [6.07, 6.45) is -0.787. The Labute approximate surface area is 132 Å². The molecule has 0 heterocycles. The van der Waals surface area contributed by atoms with Gasteiger partial charge in [0.1, 0.15) is 11.8 Å². The van der Waals surface area contributed by atoms with Crippen LogP contribution in [-0.2, 0) is 9.59 Å². The molecule has 1 unspecified atom stereocenters. The van der Waals surface area contributed by atoms with Crippen LogP contribution in [0.3, 0.4) is 0 Å². The number of nitrogens with one attached hydrogen (secondary N) is 1. The predicted molar refractivity (Wildman–Crippen MR) is 83.4 cm³/mol. The van der Waals surface area contributed by atoms with Crippen LogP contribution in [0.15, 0.2) is 22.7 Å². The summed E-state index contributed by atoms with van der Waals surface area (Å²) in [4.78, 5) is 23.1. The summed E-state index contributed by atoms with van der Waals surface area (Å²) in [7, 11) is 0. The minimum absolute atomic E-state index is 0.204. The number of aryl methyl sites for hydroxylation is 1. The summed E-state index contributed by atoms with van der Waals surface area (Å²) in [5.41, 5.74) is 1.07. The molecule has 0 spiro atoms. The van der Waals surface area contributed by atoms with Crippen LogP contribution in [0.2, 0.25) is 0 Å². The smallest absolute Gasteiger partial charge is 0.326 e. The lowest BCUT2D eigenvalue weighted by atomic mass is 10.0. The number of benzene rings is 1. The van der Waals surface area contributed by atoms with Gasteiger partial charge in [-0.2, -0.15) is 0 Å². The quantitative estimate of drug-likeness (QED) is 0.820. The van der Waals surface area contributed by atoms with E-state index in [1.807, 2.05) is 19.1 Å². The van der Waals surface area contributed by atoms with Crippen LogP contribution in [0.5, 0.6) is 5.75 Å². The number of carboxylic acids is 1. The van der Waals surface area contributed by atoms with E-state index >= 15 is 0 Å². The number of carboxylic acid groups (broad SMARTS) is 1. The maximum atomic E-state index is 12.0. The van der Waals surface area contributed by atoms with Gasteiger partial charge in [0, 0.05) is 0 Å². The van der Waals surface area contributed by atoms with Gasteiger partial charge >= 0.3 is 5.97 Å². The number of hydrogen-bond acceptors (Lipinski definition) is 3. The fraction of sp³-hybridized carbons (Fsp3) is 0.467. The van der Waals surface area contributed by atoms with Crippen LogP contribution in [0, 0.1) is 12.8 Å². The Bertz CT molecular complexity index is 530. The lowest BCUT2D eigenvalue weighted by Gasteiger charge is -2.21. The molecule has 0 saturated carbocycles. The molecular weight excluding hydrogens is 338 g/mol. The number of carbonyl (C=O) groups excluding carboxylic acids is 1. The lowest BCUT2D eigenvalue weighted by Crippen LogP contribution is -2.48. The Morgan fingerprint density at radius 2 is 1.90 bits per heavy atom. The van der Waals surface area contributed by atoms with Crippen molar-refractivity contribution in [2.75, 3.05) is 0 Å². The molecule has 6 heteroatoms. The van der Waals surface area contributed by atoms with Crippen molar-refractivity contribution in [2.24, 2.45) is 5.92 Å². The Morgan fingerprint density at radius 3 is 2.38 bits per heavy atom. The van der Waals surface area contributed by atoms with E-state index in [0.717, 1.165) is 10.0 Å². The van der Waals surface area contributed by atoms with E-state index in [-0.39, 0.29) is 5.92 Å². The van der Waals surface area contributed by atoms with Gasteiger partial charge in [0.05, 0.1) is 4.47 Å². The van der Waals surface area contributed by atoms with Crippen molar-refractivity contribution < 1.29 is 19.4 Å². The van der Waals surface area contributed by atoms with Gasteiger partial charge in [0.15, 0.2) is 6.10 Å². The number of aliphatic carboxylic acids is 1. The molecule has 0 aliphatic carbocycles. The standard InChI is InChI=1S/C15H20BrNO4/c1-8(2)13(15(19)20)17-14(18)10(4)21-12-6-5-9(3)7-11(12)16/h5-8,10,13H,1-4H3,(H,17,18)(H,19,20)/t10?,13-/m1/s1. The maximum absolute atomic E-state index is 12.0. The Hall–Kier alpha value is -1.56. The number of halogens is 1. The van der Waals surface area contributed by atoms with E-state index in [1.165, 1.54) is 0 Å². The van der Waals surface area contributed by atoms with E-state index in [1.54, 1.807) is 26.8 Å². The maximum Gasteiger partial charge on any atom is 0.326 e. The highest BCUT2D eigenvalue weighted by Crippen LogP contribution is 2.26. The molecule has 2 N–H and O–H groups in total. The first-order valence-corrected chi connectivity index (χ1v) is 7.47. The molecule has 21 heavy (non-hydrogen) atoms. The minimum Gasteiger partial charge on any atom is -0.480 e. The van der Waals surface area contributed by atoms with Crippen molar-refractivity contribution in [3.05, 3.63) is 28.2 Å². The van der Waals surface area contributed by atoms with Crippen molar-refractivity contribution in [1.29, 1.82) is 0 Å². The van der Waals surface area contributed by atoms with E-state index in [0.29, 0.717) is 5.75 Å². The molecule has 0 fully saturated rings. The van der Waals surface area contributed by atoms with Crippen molar-refractivity contribution in [1.82, 2.24) is 5.32 Å². The highest BCUT2D eigenvalue weighted by atomic mass is 79.9. The summed E-state index contributed by atoms with van der Waals surface area (Å²) in [5, 5.41) is 11.6. The highest BCUT2D eigenvalue weighted by Gasteiger charge is 2.26. The lowest BCUT2D eigenvalue weighted by molar-refractivity contribution is -0.144. The SMILES string of the molecule is Cc1ccc(OC(C)C(=O)N[C@@H](C(=O)O)C(C)C)c(Br)c1. The normalized spacial score (nSPS) is 13.6. The predicted octanol–water partition coefficient (Wildman–Crippen LogP) is 2.75. The molecule has 0 saturated heterocycles. The highest BCUT2D eigenvalue weighted by molar-refractivity contribution is 9.10. The first kappa shape index (κ1) is 17.5. The third-order valence-corrected chi connectivity index (χ3v) is 3.61. The fourth-order valence-electron chi connectivity index (χ4n) is 1.73. The Morgan fingerprint density at radius 1 is 1.29 bits per heavy atom. The zero-order chi connectivity index (χ0) is 16.2. The monoisotopic (exact) mass is 357 g/mol. The van der Waals surface area contributed by atoms with E-state index in [9.17, 15) is 9.59 Å². The topological polar surface area (TPSA) is 75.6 Å². The molecule has 0 aliphatic heterocycles. The summed E-state index contributed by atoms with van der Waals surface area (Å²) >= 11 is 3.37. The molecule has 116 valence electrons. The first-order chi connectivity index (χ1) is 9.72. The second kappa shape index (κ2) is 7.45. The van der Waals surface area contributed by atoms with E-state index in [2.05, 4.69) is 21.2 Å². The third kappa shape index (κ3) is 5.04. The summed E-state index contributed by atoms with van der Waals surface area (Å²) < 4.78 is 6.32. The van der Waals surface area contributed by atoms with Crippen LogP contribution in [0.25, 0.3) is 0 Å². The van der Waals surface area contributed by atoms with Gasteiger partial charge in [-0.15, -0.1) is 0 Å². The number of hydrogen-bond donors (Lipinski definition) is 2. The second-order valence-electron chi connectivity index (χ2n) is 5.26. The zero-order valence-electron chi connectivity index (χ0n) is 12.5. The summed E-state index contributed by atoms with van der Waals surface area (Å²) in [6.45, 7) is 7.01. The summed E-state index contributed by atoms with van der Waals surface area (Å²) in [6, 6.07) is 4.60. The molecule has 0 aromatic heterocycles. The minimum atomic E-state index is -1.05. The molecule has 2 atom stereocenters. The fourth-order valence-corrected chi connectivity index (χ4v) is 2.32. The molecule has 1 aromatic carbocycles. The van der Waals surface area contributed by atoms with Crippen LogP contribution in [0.1, 0.15) is 26.3 Å². The number of rotatable bonds is 6. The van der Waals surface area contributed by atoms with E-state index < -0.39 is 24.0 Å². The van der Waals surface area contributed by atoms with Crippen LogP contribution in [-0.4, -0.2) is 29.1 Å². The van der Waals surface area contributed by atoms with Gasteiger partial charge in [0.25, 0.3) is 5.91 Å².